The summed E-state index contributed by atoms with van der Waals surface area (Å²) in [6, 6.07) is 62.2. The van der Waals surface area contributed by atoms with Crippen molar-refractivity contribution in [2.45, 2.75) is 0 Å². The van der Waals surface area contributed by atoms with Gasteiger partial charge in [-0.1, -0.05) is 6.07 Å². The molecule has 2 heterocycles. The maximum atomic E-state index is 6.25. The van der Waals surface area contributed by atoms with Crippen molar-refractivity contribution in [2.24, 2.45) is 7.05 Å². The van der Waals surface area contributed by atoms with Gasteiger partial charge in [0.25, 0.3) is 0 Å². The molecule has 2 aromatic heterocycles. The molecule has 0 aliphatic carbocycles. The molecule has 0 aliphatic heterocycles. The van der Waals surface area contributed by atoms with Crippen LogP contribution in [0.2, 0.25) is 0 Å². The van der Waals surface area contributed by atoms with E-state index in [9.17, 15) is 0 Å². The Bertz CT molecular complexity index is 2400. The van der Waals surface area contributed by atoms with Gasteiger partial charge >= 0.3 is 280 Å². The number of aromatic nitrogens is 3. The molecule has 0 saturated carbocycles. The molecule has 8 aromatic rings. The fraction of sp³-hybridized carbons (Fsp3) is 0.0233. The molecule has 0 aliphatic rings. The summed E-state index contributed by atoms with van der Waals surface area (Å²) in [6.45, 7) is -0.243. The number of hydrogen-bond acceptors (Lipinski definition) is 2. The van der Waals surface area contributed by atoms with Crippen LogP contribution in [0.25, 0.3) is 39.0 Å². The number of para-hydroxylation sites is 2. The Morgan fingerprint density at radius 3 is 1.86 bits per heavy atom. The first-order valence-electron chi connectivity index (χ1n) is 16.1. The molecule has 0 amide bonds. The Kier molecular flexibility index (Phi) is 8.51. The van der Waals surface area contributed by atoms with E-state index in [0.29, 0.717) is 11.6 Å². The minimum absolute atomic E-state index is 0.243. The number of imidazole rings is 1. The number of ether oxygens (including phenoxy) is 1. The first kappa shape index (κ1) is 30.8. The van der Waals surface area contributed by atoms with E-state index in [4.69, 9.17) is 4.74 Å². The van der Waals surface area contributed by atoms with Gasteiger partial charge in [-0.3, -0.25) is 0 Å². The van der Waals surface area contributed by atoms with Gasteiger partial charge < -0.3 is 0 Å². The van der Waals surface area contributed by atoms with E-state index < -0.39 is 0 Å². The minimum atomic E-state index is -0.243. The summed E-state index contributed by atoms with van der Waals surface area (Å²) in [6.07, 6.45) is 1.73. The van der Waals surface area contributed by atoms with Gasteiger partial charge in [0, 0.05) is 6.20 Å². The second kappa shape index (κ2) is 13.5. The Hall–Kier alpha value is -5.51. The van der Waals surface area contributed by atoms with Crippen LogP contribution in [0.1, 0.15) is 0 Å². The number of nitrogens with zero attached hydrogens (tertiary/aromatic N) is 3. The summed E-state index contributed by atoms with van der Waals surface area (Å²) < 4.78 is 11.8. The summed E-state index contributed by atoms with van der Waals surface area (Å²) >= 11 is 2.41. The standard InChI is InChI=1S/C43H30BN3O.Pt/c1-46-31-47(41-26-9-8-25-40(41)46)36-21-12-19-34(29-36)44(35-20-13-22-37(30-35)48-42-27-10-11-28-45-42)43-38(32-15-4-2-5-16-32)23-14-24-39(43)33-17-6-3-7-18-33;/h2-28H,1H3;/q-2;. The molecule has 4 nitrogen and oxygen atoms in total. The number of fused-ring (bicyclic) bond motifs is 1. The van der Waals surface area contributed by atoms with Gasteiger partial charge in [0.15, 0.2) is 0 Å². The van der Waals surface area contributed by atoms with Gasteiger partial charge in [0.2, 0.25) is 0 Å². The summed E-state index contributed by atoms with van der Waals surface area (Å²) in [4.78, 5) is 4.40. The molecule has 0 N–H and O–H groups in total. The van der Waals surface area contributed by atoms with E-state index in [1.54, 1.807) is 6.20 Å². The van der Waals surface area contributed by atoms with Crippen molar-refractivity contribution in [3.05, 3.63) is 180 Å². The molecule has 0 atom stereocenters. The Balaban J connectivity index is 1.40. The van der Waals surface area contributed by atoms with Gasteiger partial charge in [-0.05, 0) is 6.07 Å². The van der Waals surface area contributed by atoms with Crippen molar-refractivity contribution in [3.8, 4) is 39.6 Å². The summed E-state index contributed by atoms with van der Waals surface area (Å²) in [5, 5.41) is 0. The average molecular weight is 811 g/mol. The Morgan fingerprint density at radius 2 is 1.18 bits per heavy atom. The molecule has 0 bridgehead atoms. The molecule has 238 valence electrons. The molecule has 6 aromatic carbocycles. The third-order valence-corrected chi connectivity index (χ3v) is 10.1. The van der Waals surface area contributed by atoms with Crippen LogP contribution >= 0.6 is 0 Å². The molecule has 0 saturated heterocycles. The van der Waals surface area contributed by atoms with E-state index in [2.05, 4.69) is 180 Å². The third kappa shape index (κ3) is 6.03. The first-order chi connectivity index (χ1) is 24.2. The quantitative estimate of drug-likeness (QED) is 0.117. The molecule has 0 unspecified atom stereocenters. The number of pyridine rings is 1. The van der Waals surface area contributed by atoms with Gasteiger partial charge in [-0.25, -0.2) is 0 Å². The zero-order chi connectivity index (χ0) is 33.2. The SMILES string of the molecule is Cn1[c](=[Pt])n(-c2[c-]c(B(c3[c-]c(Oc4ccccn4)ccc3)c3c(-c4ccccc4)cccc3-c3ccccc3)ccc2)c2ccccc21. The Labute approximate surface area is 297 Å². The fourth-order valence-electron chi connectivity index (χ4n) is 6.57. The Morgan fingerprint density at radius 1 is 0.592 bits per heavy atom. The van der Waals surface area contributed by atoms with Crippen LogP contribution in [0.15, 0.2) is 164 Å². The van der Waals surface area contributed by atoms with Crippen molar-refractivity contribution in [2.75, 3.05) is 0 Å². The zero-order valence-electron chi connectivity index (χ0n) is 26.7. The van der Waals surface area contributed by atoms with Crippen LogP contribution in [-0.2, 0) is 26.4 Å². The maximum absolute atomic E-state index is 6.25. The summed E-state index contributed by atoms with van der Waals surface area (Å²) in [5.41, 5.74) is 11.1. The first-order valence-corrected chi connectivity index (χ1v) is 17.3. The van der Waals surface area contributed by atoms with E-state index in [1.807, 2.05) is 30.3 Å². The molecule has 0 spiro atoms. The van der Waals surface area contributed by atoms with Crippen molar-refractivity contribution in [1.29, 1.82) is 0 Å². The normalized spacial score (nSPS) is 11.1. The second-order valence-electron chi connectivity index (χ2n) is 11.8. The van der Waals surface area contributed by atoms with Crippen LogP contribution in [0.5, 0.6) is 11.6 Å². The van der Waals surface area contributed by atoms with Crippen molar-refractivity contribution >= 4 is 34.1 Å². The number of hydrogen-bond donors (Lipinski definition) is 0. The van der Waals surface area contributed by atoms with Gasteiger partial charge in [-0.2, -0.15) is 0 Å². The van der Waals surface area contributed by atoms with Gasteiger partial charge in [-0.15, -0.1) is 0 Å². The van der Waals surface area contributed by atoms with E-state index in [-0.39, 0.29) is 6.71 Å². The molecule has 0 fully saturated rings. The van der Waals surface area contributed by atoms with E-state index >= 15 is 0 Å². The van der Waals surface area contributed by atoms with Gasteiger partial charge in [0.1, 0.15) is 0 Å². The topological polar surface area (TPSA) is 32.0 Å². The zero-order valence-corrected chi connectivity index (χ0v) is 29.0. The fourth-order valence-corrected chi connectivity index (χ4v) is 7.39. The number of benzene rings is 6. The molecule has 8 rings (SSSR count). The second-order valence-corrected chi connectivity index (χ2v) is 12.8. The third-order valence-electron chi connectivity index (χ3n) is 8.78. The molecule has 6 heteroatoms. The van der Waals surface area contributed by atoms with Gasteiger partial charge in [0.05, 0.1) is 0 Å². The van der Waals surface area contributed by atoms with Crippen LogP contribution in [0, 0.1) is 15.9 Å². The van der Waals surface area contributed by atoms with E-state index in [1.165, 1.54) is 5.46 Å². The summed E-state index contributed by atoms with van der Waals surface area (Å²) in [5.74, 6) is 1.13. The summed E-state index contributed by atoms with van der Waals surface area (Å²) in [7, 11) is 2.11. The predicted octanol–water partition coefficient (Wildman–Crippen LogP) is 7.69. The predicted molar refractivity (Wildman–Crippen MR) is 196 cm³/mol. The van der Waals surface area contributed by atoms with Crippen molar-refractivity contribution in [1.82, 2.24) is 14.1 Å². The number of rotatable bonds is 8. The molecule has 49 heavy (non-hydrogen) atoms. The van der Waals surface area contributed by atoms with Crippen LogP contribution in [0.4, 0.5) is 0 Å². The van der Waals surface area contributed by atoms with Crippen molar-refractivity contribution < 1.29 is 24.1 Å². The molecular weight excluding hydrogens is 780 g/mol. The molecular formula is C43H30BN3OPt-2. The number of aryl methyl sites for hydroxylation is 1. The monoisotopic (exact) mass is 810 g/mol. The van der Waals surface area contributed by atoms with Crippen LogP contribution < -0.4 is 21.1 Å². The van der Waals surface area contributed by atoms with Crippen LogP contribution in [-0.4, -0.2) is 20.8 Å². The average Bonchev–Trinajstić information content (AvgIpc) is 3.42. The molecule has 0 radical (unpaired) electrons. The van der Waals surface area contributed by atoms with Crippen LogP contribution in [0.3, 0.4) is 0 Å². The van der Waals surface area contributed by atoms with Crippen molar-refractivity contribution in [3.63, 3.8) is 0 Å². The van der Waals surface area contributed by atoms with E-state index in [0.717, 1.165) is 53.7 Å².